The predicted octanol–water partition coefficient (Wildman–Crippen LogP) is 4.65. The van der Waals surface area contributed by atoms with Crippen LogP contribution in [-0.2, 0) is 0 Å². The maximum absolute atomic E-state index is 12.7. The molecule has 0 amide bonds. The third kappa shape index (κ3) is 4.88. The molecule has 0 aliphatic rings. The van der Waals surface area contributed by atoms with E-state index in [1.54, 1.807) is 6.07 Å². The van der Waals surface area contributed by atoms with Gasteiger partial charge in [-0.15, -0.1) is 0 Å². The highest BCUT2D eigenvalue weighted by Crippen LogP contribution is 2.39. The number of anilines is 1. The number of phenolic OH excluding ortho intramolecular Hbond substituents is 1. The molecule has 0 saturated heterocycles. The van der Waals surface area contributed by atoms with Crippen LogP contribution in [0.25, 0.3) is 0 Å². The second-order valence-electron chi connectivity index (χ2n) is 7.48. The molecule has 0 aliphatic heterocycles. The average molecular weight is 321 g/mol. The van der Waals surface area contributed by atoms with Crippen LogP contribution in [0.4, 0.5) is 5.69 Å². The molecule has 4 heteroatoms. The number of carbonyl (C=O) groups excluding carboxylic acids is 1. The van der Waals surface area contributed by atoms with E-state index in [0.717, 1.165) is 12.8 Å². The Hall–Kier alpha value is -1.71. The molecule has 1 unspecified atom stereocenters. The van der Waals surface area contributed by atoms with Gasteiger partial charge >= 0.3 is 0 Å². The highest BCUT2D eigenvalue weighted by atomic mass is 16.5. The van der Waals surface area contributed by atoms with Gasteiger partial charge in [-0.2, -0.15) is 0 Å². The van der Waals surface area contributed by atoms with Crippen LogP contribution >= 0.6 is 0 Å². The molecule has 0 spiro atoms. The second kappa shape index (κ2) is 7.71. The second-order valence-corrected chi connectivity index (χ2v) is 7.48. The fraction of sp³-hybridized carbons (Fsp3) is 0.632. The smallest absolute Gasteiger partial charge is 0.170 e. The third-order valence-electron chi connectivity index (χ3n) is 4.51. The van der Waals surface area contributed by atoms with Crippen molar-refractivity contribution in [3.8, 4) is 11.5 Å². The van der Waals surface area contributed by atoms with Gasteiger partial charge in [0.05, 0.1) is 7.11 Å². The van der Waals surface area contributed by atoms with Crippen molar-refractivity contribution >= 4 is 11.5 Å². The predicted molar refractivity (Wildman–Crippen MR) is 95.0 cm³/mol. The van der Waals surface area contributed by atoms with Gasteiger partial charge in [0.1, 0.15) is 17.1 Å². The van der Waals surface area contributed by atoms with E-state index < -0.39 is 0 Å². The number of rotatable bonds is 7. The van der Waals surface area contributed by atoms with Gasteiger partial charge < -0.3 is 15.6 Å². The third-order valence-corrected chi connectivity index (χ3v) is 4.51. The molecule has 0 saturated carbocycles. The topological polar surface area (TPSA) is 72.5 Å². The first kappa shape index (κ1) is 19.3. The lowest BCUT2D eigenvalue weighted by molar-refractivity contribution is 0.0887. The maximum atomic E-state index is 12.7. The lowest BCUT2D eigenvalue weighted by Crippen LogP contribution is -2.28. The van der Waals surface area contributed by atoms with Crippen LogP contribution in [0.3, 0.4) is 0 Å². The number of phenols is 1. The molecule has 3 N–H and O–H groups in total. The molecular formula is C19H31NO3. The fourth-order valence-electron chi connectivity index (χ4n) is 3.48. The minimum absolute atomic E-state index is 0.0998. The molecule has 0 aliphatic carbocycles. The van der Waals surface area contributed by atoms with Gasteiger partial charge in [0.2, 0.25) is 0 Å². The number of Topliss-reactive ketones (excluding diaryl/α,β-unsaturated/α-hetero) is 1. The summed E-state index contributed by atoms with van der Waals surface area (Å²) in [4.78, 5) is 12.7. The Kier molecular flexibility index (Phi) is 6.48. The number of nitrogen functional groups attached to an aromatic ring is 1. The van der Waals surface area contributed by atoms with Crippen molar-refractivity contribution in [2.45, 2.75) is 53.9 Å². The summed E-state index contributed by atoms with van der Waals surface area (Å²) in [7, 11) is 1.48. The van der Waals surface area contributed by atoms with E-state index in [0.29, 0.717) is 23.8 Å². The maximum Gasteiger partial charge on any atom is 0.170 e. The Labute approximate surface area is 140 Å². The first-order chi connectivity index (χ1) is 10.6. The Morgan fingerprint density at radius 3 is 2.43 bits per heavy atom. The van der Waals surface area contributed by atoms with Crippen LogP contribution in [-0.4, -0.2) is 18.0 Å². The summed E-state index contributed by atoms with van der Waals surface area (Å²) < 4.78 is 5.22. The molecule has 0 fully saturated rings. The summed E-state index contributed by atoms with van der Waals surface area (Å²) in [5.74, 6) is 0.795. The number of nitrogens with two attached hydrogens (primary N) is 1. The monoisotopic (exact) mass is 321 g/mol. The van der Waals surface area contributed by atoms with E-state index >= 15 is 0 Å². The molecule has 2 atom stereocenters. The molecule has 1 rings (SSSR count). The van der Waals surface area contributed by atoms with Crippen molar-refractivity contribution in [1.29, 1.82) is 0 Å². The quantitative estimate of drug-likeness (QED) is 0.566. The summed E-state index contributed by atoms with van der Waals surface area (Å²) >= 11 is 0. The van der Waals surface area contributed by atoms with Gasteiger partial charge in [0.25, 0.3) is 0 Å². The molecule has 4 nitrogen and oxygen atoms in total. The van der Waals surface area contributed by atoms with E-state index in [4.69, 9.17) is 10.5 Å². The number of ether oxygens (including phenoxy) is 1. The van der Waals surface area contributed by atoms with Gasteiger partial charge in [-0.25, -0.2) is 0 Å². The molecule has 0 radical (unpaired) electrons. The number of carbonyl (C=O) groups is 1. The molecule has 0 bridgehead atoms. The summed E-state index contributed by atoms with van der Waals surface area (Å²) in [6.07, 6.45) is 2.56. The molecule has 1 aromatic rings. The number of methoxy groups -OCH3 is 1. The first-order valence-corrected chi connectivity index (χ1v) is 8.31. The van der Waals surface area contributed by atoms with Crippen LogP contribution < -0.4 is 10.5 Å². The van der Waals surface area contributed by atoms with Crippen LogP contribution in [0.1, 0.15) is 64.2 Å². The fourth-order valence-corrected chi connectivity index (χ4v) is 3.48. The van der Waals surface area contributed by atoms with Crippen molar-refractivity contribution < 1.29 is 14.6 Å². The van der Waals surface area contributed by atoms with Crippen LogP contribution in [0.2, 0.25) is 0 Å². The van der Waals surface area contributed by atoms with E-state index in [9.17, 15) is 9.90 Å². The number of aromatic hydroxyl groups is 1. The van der Waals surface area contributed by atoms with Crippen LogP contribution in [0, 0.1) is 17.3 Å². The molecule has 0 heterocycles. The number of hydrogen-bond acceptors (Lipinski definition) is 4. The molecule has 23 heavy (non-hydrogen) atoms. The van der Waals surface area contributed by atoms with E-state index in [1.807, 2.05) is 0 Å². The average Bonchev–Trinajstić information content (AvgIpc) is 2.41. The normalized spacial score (nSPS) is 14.3. The minimum atomic E-state index is -0.109. The summed E-state index contributed by atoms with van der Waals surface area (Å²) in [5.41, 5.74) is 6.45. The molecule has 0 aromatic heterocycles. The zero-order valence-electron chi connectivity index (χ0n) is 15.3. The highest BCUT2D eigenvalue weighted by Gasteiger charge is 2.31. The molecule has 130 valence electrons. The SMILES string of the molecule is CCCC([C@H](C)CC(=O)c1c(O)cc(N)cc1OC)C(C)(C)C. The molecule has 1 aromatic carbocycles. The standard InChI is InChI=1S/C19H31NO3/c1-7-8-14(19(3,4)5)12(2)9-15(21)18-16(22)10-13(20)11-17(18)23-6/h10-12,14,22H,7-9,20H2,1-6H3/t12-,14?/m1/s1. The van der Waals surface area contributed by atoms with Crippen molar-refractivity contribution in [2.24, 2.45) is 17.3 Å². The zero-order valence-corrected chi connectivity index (χ0v) is 15.3. The number of hydrogen-bond donors (Lipinski definition) is 2. The lowest BCUT2D eigenvalue weighted by atomic mass is 9.70. The Balaban J connectivity index is 3.03. The summed E-state index contributed by atoms with van der Waals surface area (Å²) in [5, 5.41) is 10.1. The summed E-state index contributed by atoms with van der Waals surface area (Å²) in [6.45, 7) is 10.9. The Morgan fingerprint density at radius 1 is 1.35 bits per heavy atom. The van der Waals surface area contributed by atoms with E-state index in [2.05, 4.69) is 34.6 Å². The van der Waals surface area contributed by atoms with Crippen LogP contribution in [0.15, 0.2) is 12.1 Å². The first-order valence-electron chi connectivity index (χ1n) is 8.31. The number of ketones is 1. The van der Waals surface area contributed by atoms with Crippen molar-refractivity contribution in [3.05, 3.63) is 17.7 Å². The van der Waals surface area contributed by atoms with Gasteiger partial charge in [0, 0.05) is 24.2 Å². The molecular weight excluding hydrogens is 290 g/mol. The van der Waals surface area contributed by atoms with Gasteiger partial charge in [-0.05, 0) is 23.7 Å². The van der Waals surface area contributed by atoms with Gasteiger partial charge in [-0.1, -0.05) is 41.0 Å². The van der Waals surface area contributed by atoms with E-state index in [-0.39, 0.29) is 28.4 Å². The van der Waals surface area contributed by atoms with Gasteiger partial charge in [-0.3, -0.25) is 4.79 Å². The van der Waals surface area contributed by atoms with Crippen molar-refractivity contribution in [3.63, 3.8) is 0 Å². The van der Waals surface area contributed by atoms with E-state index in [1.165, 1.54) is 13.2 Å². The van der Waals surface area contributed by atoms with Gasteiger partial charge in [0.15, 0.2) is 5.78 Å². The largest absolute Gasteiger partial charge is 0.507 e. The summed E-state index contributed by atoms with van der Waals surface area (Å²) in [6, 6.07) is 2.97. The minimum Gasteiger partial charge on any atom is -0.507 e. The van der Waals surface area contributed by atoms with Crippen molar-refractivity contribution in [2.75, 3.05) is 12.8 Å². The van der Waals surface area contributed by atoms with Crippen LogP contribution in [0.5, 0.6) is 11.5 Å². The highest BCUT2D eigenvalue weighted by molar-refractivity contribution is 6.01. The lowest BCUT2D eigenvalue weighted by Gasteiger charge is -2.35. The van der Waals surface area contributed by atoms with Crippen molar-refractivity contribution in [1.82, 2.24) is 0 Å². The zero-order chi connectivity index (χ0) is 17.8. The Morgan fingerprint density at radius 2 is 1.96 bits per heavy atom. The number of benzene rings is 1. The Bertz CT molecular complexity index is 546.